The first-order chi connectivity index (χ1) is 15.7. The predicted molar refractivity (Wildman–Crippen MR) is 128 cm³/mol. The van der Waals surface area contributed by atoms with Crippen LogP contribution in [0.1, 0.15) is 26.3 Å². The van der Waals surface area contributed by atoms with Crippen molar-refractivity contribution in [1.29, 1.82) is 0 Å². The molecule has 3 aromatic carbocycles. The maximum Gasteiger partial charge on any atom is 0.261 e. The third-order valence-corrected chi connectivity index (χ3v) is 6.00. The molecule has 0 aliphatic carbocycles. The van der Waals surface area contributed by atoms with E-state index < -0.39 is 16.1 Å². The molecule has 0 heterocycles. The van der Waals surface area contributed by atoms with Crippen LogP contribution in [0.3, 0.4) is 0 Å². The monoisotopic (exact) mass is 468 g/mol. The Kier molecular flexibility index (Phi) is 7.95. The minimum atomic E-state index is -3.78. The number of rotatable bonds is 10. The van der Waals surface area contributed by atoms with Gasteiger partial charge in [0.05, 0.1) is 4.90 Å². The van der Waals surface area contributed by atoms with Crippen LogP contribution in [0.4, 0.5) is 5.69 Å². The maximum absolute atomic E-state index is 12.7. The number of anilines is 1. The van der Waals surface area contributed by atoms with Crippen molar-refractivity contribution in [3.05, 3.63) is 84.4 Å². The van der Waals surface area contributed by atoms with Crippen LogP contribution >= 0.6 is 0 Å². The Morgan fingerprint density at radius 3 is 2.06 bits per heavy atom. The molecule has 0 fully saturated rings. The Morgan fingerprint density at radius 2 is 1.45 bits per heavy atom. The molecule has 33 heavy (non-hydrogen) atoms. The van der Waals surface area contributed by atoms with Gasteiger partial charge in [0, 0.05) is 11.7 Å². The zero-order valence-corrected chi connectivity index (χ0v) is 19.6. The van der Waals surface area contributed by atoms with Crippen LogP contribution in [0.2, 0.25) is 0 Å². The quantitative estimate of drug-likeness (QED) is 0.461. The largest absolute Gasteiger partial charge is 0.489 e. The van der Waals surface area contributed by atoms with Gasteiger partial charge in [0.25, 0.3) is 15.9 Å². The van der Waals surface area contributed by atoms with Crippen molar-refractivity contribution in [2.24, 2.45) is 0 Å². The van der Waals surface area contributed by atoms with Gasteiger partial charge in [0.2, 0.25) is 0 Å². The normalized spacial score (nSPS) is 12.1. The zero-order valence-electron chi connectivity index (χ0n) is 18.8. The van der Waals surface area contributed by atoms with Crippen LogP contribution in [0.25, 0.3) is 0 Å². The van der Waals surface area contributed by atoms with E-state index in [9.17, 15) is 13.2 Å². The summed E-state index contributed by atoms with van der Waals surface area (Å²) < 4.78 is 39.3. The van der Waals surface area contributed by atoms with Crippen molar-refractivity contribution < 1.29 is 22.7 Å². The van der Waals surface area contributed by atoms with Crippen molar-refractivity contribution in [3.63, 3.8) is 0 Å². The Bertz CT molecular complexity index is 1150. The minimum Gasteiger partial charge on any atom is -0.489 e. The number of amides is 1. The molecule has 0 saturated heterocycles. The standard InChI is InChI=1S/C25H28N2O5S/c1-18(2)26-25(28)19(3)32-23-13-15-24(16-14-23)33(29,30)27-21-9-11-22(12-10-21)31-17-20-7-5-4-6-8-20/h4-16,18-19,27H,17H2,1-3H3,(H,26,28)/t19-/m0/s1. The van der Waals surface area contributed by atoms with E-state index in [2.05, 4.69) is 10.0 Å². The summed E-state index contributed by atoms with van der Waals surface area (Å²) in [6, 6.07) is 22.4. The highest BCUT2D eigenvalue weighted by Crippen LogP contribution is 2.22. The molecule has 0 radical (unpaired) electrons. The molecule has 174 valence electrons. The molecule has 7 nitrogen and oxygen atoms in total. The Hall–Kier alpha value is -3.52. The van der Waals surface area contributed by atoms with Crippen LogP contribution in [0, 0.1) is 0 Å². The minimum absolute atomic E-state index is 0.00614. The van der Waals surface area contributed by atoms with Crippen molar-refractivity contribution in [2.45, 2.75) is 44.4 Å². The fraction of sp³-hybridized carbons (Fsp3) is 0.240. The second kappa shape index (κ2) is 10.9. The van der Waals surface area contributed by atoms with Gasteiger partial charge in [0.15, 0.2) is 6.10 Å². The van der Waals surface area contributed by atoms with Crippen molar-refractivity contribution >= 4 is 21.6 Å². The van der Waals surface area contributed by atoms with Gasteiger partial charge in [-0.25, -0.2) is 8.42 Å². The van der Waals surface area contributed by atoms with E-state index in [0.29, 0.717) is 23.8 Å². The highest BCUT2D eigenvalue weighted by Gasteiger charge is 2.17. The topological polar surface area (TPSA) is 93.7 Å². The summed E-state index contributed by atoms with van der Waals surface area (Å²) in [5.41, 5.74) is 1.46. The summed E-state index contributed by atoms with van der Waals surface area (Å²) in [6.07, 6.45) is -0.699. The number of ether oxygens (including phenoxy) is 2. The fourth-order valence-electron chi connectivity index (χ4n) is 2.93. The molecule has 3 aromatic rings. The predicted octanol–water partition coefficient (Wildman–Crippen LogP) is 4.36. The summed E-state index contributed by atoms with van der Waals surface area (Å²) in [7, 11) is -3.78. The first-order valence-corrected chi connectivity index (χ1v) is 12.1. The maximum atomic E-state index is 12.7. The van der Waals surface area contributed by atoms with Gasteiger partial charge in [-0.15, -0.1) is 0 Å². The number of nitrogens with one attached hydrogen (secondary N) is 2. The average molecular weight is 469 g/mol. The molecule has 0 saturated carbocycles. The number of carbonyl (C=O) groups excluding carboxylic acids is 1. The molecule has 0 unspecified atom stereocenters. The van der Waals surface area contributed by atoms with E-state index in [4.69, 9.17) is 9.47 Å². The molecule has 2 N–H and O–H groups in total. The molecule has 3 rings (SSSR count). The van der Waals surface area contributed by atoms with E-state index in [1.54, 1.807) is 31.2 Å². The molecular weight excluding hydrogens is 440 g/mol. The lowest BCUT2D eigenvalue weighted by Gasteiger charge is -2.16. The lowest BCUT2D eigenvalue weighted by molar-refractivity contribution is -0.127. The number of hydrogen-bond donors (Lipinski definition) is 2. The highest BCUT2D eigenvalue weighted by molar-refractivity contribution is 7.92. The Balaban J connectivity index is 1.58. The fourth-order valence-corrected chi connectivity index (χ4v) is 3.99. The van der Waals surface area contributed by atoms with E-state index in [1.807, 2.05) is 44.2 Å². The van der Waals surface area contributed by atoms with Gasteiger partial charge in [-0.3, -0.25) is 9.52 Å². The average Bonchev–Trinajstić information content (AvgIpc) is 2.79. The summed E-state index contributed by atoms with van der Waals surface area (Å²) in [5.74, 6) is 0.804. The molecule has 0 spiro atoms. The van der Waals surface area contributed by atoms with Gasteiger partial charge in [-0.1, -0.05) is 30.3 Å². The first kappa shape index (κ1) is 24.1. The number of hydrogen-bond acceptors (Lipinski definition) is 5. The SMILES string of the molecule is CC(C)NC(=O)[C@H](C)Oc1ccc(S(=O)(=O)Nc2ccc(OCc3ccccc3)cc2)cc1. The van der Waals surface area contributed by atoms with Gasteiger partial charge in [-0.2, -0.15) is 0 Å². The van der Waals surface area contributed by atoms with Crippen LogP contribution in [-0.4, -0.2) is 26.5 Å². The van der Waals surface area contributed by atoms with Crippen LogP contribution in [0.5, 0.6) is 11.5 Å². The summed E-state index contributed by atoms with van der Waals surface area (Å²) in [6.45, 7) is 5.79. The highest BCUT2D eigenvalue weighted by atomic mass is 32.2. The lowest BCUT2D eigenvalue weighted by Crippen LogP contribution is -2.40. The molecule has 0 aliphatic heterocycles. The summed E-state index contributed by atoms with van der Waals surface area (Å²) in [4.78, 5) is 12.1. The molecule has 1 amide bonds. The van der Waals surface area contributed by atoms with Gasteiger partial charge in [0.1, 0.15) is 18.1 Å². The number of benzene rings is 3. The lowest BCUT2D eigenvalue weighted by atomic mass is 10.2. The van der Waals surface area contributed by atoms with Crippen molar-refractivity contribution in [1.82, 2.24) is 5.32 Å². The van der Waals surface area contributed by atoms with Crippen molar-refractivity contribution in [3.8, 4) is 11.5 Å². The Labute approximate surface area is 194 Å². The van der Waals surface area contributed by atoms with Crippen molar-refractivity contribution in [2.75, 3.05) is 4.72 Å². The third kappa shape index (κ3) is 7.25. The smallest absolute Gasteiger partial charge is 0.261 e. The van der Waals surface area contributed by atoms with Crippen LogP contribution < -0.4 is 19.5 Å². The molecule has 8 heteroatoms. The van der Waals surface area contributed by atoms with Crippen LogP contribution in [0.15, 0.2) is 83.8 Å². The molecular formula is C25H28N2O5S. The first-order valence-electron chi connectivity index (χ1n) is 10.6. The zero-order chi connectivity index (χ0) is 23.8. The van der Waals surface area contributed by atoms with E-state index in [-0.39, 0.29) is 16.8 Å². The third-order valence-electron chi connectivity index (χ3n) is 4.60. The second-order valence-corrected chi connectivity index (χ2v) is 9.48. The molecule has 0 aromatic heterocycles. The number of carbonyl (C=O) groups is 1. The van der Waals surface area contributed by atoms with E-state index >= 15 is 0 Å². The van der Waals surface area contributed by atoms with Gasteiger partial charge in [-0.05, 0) is 74.9 Å². The van der Waals surface area contributed by atoms with E-state index in [0.717, 1.165) is 5.56 Å². The van der Waals surface area contributed by atoms with Gasteiger partial charge < -0.3 is 14.8 Å². The van der Waals surface area contributed by atoms with Crippen LogP contribution in [-0.2, 0) is 21.4 Å². The Morgan fingerprint density at radius 1 is 0.848 bits per heavy atom. The molecule has 0 aliphatic rings. The second-order valence-electron chi connectivity index (χ2n) is 7.80. The number of sulfonamides is 1. The summed E-state index contributed by atoms with van der Waals surface area (Å²) in [5, 5.41) is 2.77. The molecule has 0 bridgehead atoms. The van der Waals surface area contributed by atoms with E-state index in [1.165, 1.54) is 24.3 Å². The van der Waals surface area contributed by atoms with Gasteiger partial charge >= 0.3 is 0 Å². The molecule has 1 atom stereocenters. The summed E-state index contributed by atoms with van der Waals surface area (Å²) >= 11 is 0.